The Bertz CT molecular complexity index is 720. The number of nitro benzene ring substituents is 1. The van der Waals surface area contributed by atoms with Gasteiger partial charge < -0.3 is 15.1 Å². The van der Waals surface area contributed by atoms with Crippen LogP contribution in [0.5, 0.6) is 0 Å². The van der Waals surface area contributed by atoms with Gasteiger partial charge in [-0.25, -0.2) is 4.99 Å². The largest absolute Gasteiger partial charge is 0.467 e. The van der Waals surface area contributed by atoms with E-state index in [0.29, 0.717) is 19.1 Å². The first kappa shape index (κ1) is 18.0. The van der Waals surface area contributed by atoms with Crippen molar-refractivity contribution in [3.63, 3.8) is 0 Å². The maximum atomic E-state index is 10.7. The molecule has 1 aromatic carbocycles. The number of rotatable bonds is 6. The standard InChI is InChI=1S/C19H24N4O3/c24-23(25)17-10-8-15(9-11-17)13-20-19(21-14-18-7-4-12-26-18)22-16-5-2-1-3-6-16/h4,7-12,16H,1-3,5-6,13-14H2,(H2,20,21,22). The summed E-state index contributed by atoms with van der Waals surface area (Å²) in [6.07, 6.45) is 7.74. The summed E-state index contributed by atoms with van der Waals surface area (Å²) in [5.74, 6) is 1.59. The van der Waals surface area contributed by atoms with E-state index in [4.69, 9.17) is 4.42 Å². The molecule has 1 saturated carbocycles. The van der Waals surface area contributed by atoms with Crippen LogP contribution in [0.1, 0.15) is 43.4 Å². The van der Waals surface area contributed by atoms with Gasteiger partial charge in [0, 0.05) is 18.2 Å². The average molecular weight is 356 g/mol. The third-order valence-electron chi connectivity index (χ3n) is 4.52. The van der Waals surface area contributed by atoms with Crippen LogP contribution in [-0.2, 0) is 13.1 Å². The molecule has 0 unspecified atom stereocenters. The fraction of sp³-hybridized carbons (Fsp3) is 0.421. The highest BCUT2D eigenvalue weighted by Crippen LogP contribution is 2.17. The minimum absolute atomic E-state index is 0.0919. The fourth-order valence-electron chi connectivity index (χ4n) is 3.07. The van der Waals surface area contributed by atoms with Gasteiger partial charge in [0.05, 0.1) is 24.3 Å². The molecule has 0 spiro atoms. The topological polar surface area (TPSA) is 92.7 Å². The van der Waals surface area contributed by atoms with Crippen LogP contribution in [0, 0.1) is 10.1 Å². The molecular weight excluding hydrogens is 332 g/mol. The first-order valence-corrected chi connectivity index (χ1v) is 9.01. The number of hydrogen-bond donors (Lipinski definition) is 2. The number of nitrogens with zero attached hydrogens (tertiary/aromatic N) is 2. The molecule has 0 amide bonds. The molecule has 1 aliphatic carbocycles. The second kappa shape index (κ2) is 9.03. The lowest BCUT2D eigenvalue weighted by molar-refractivity contribution is -0.384. The number of aliphatic imine (C=N–C) groups is 1. The summed E-state index contributed by atoms with van der Waals surface area (Å²) in [4.78, 5) is 15.0. The number of hydrogen-bond acceptors (Lipinski definition) is 4. The Morgan fingerprint density at radius 1 is 1.19 bits per heavy atom. The monoisotopic (exact) mass is 356 g/mol. The number of guanidine groups is 1. The lowest BCUT2D eigenvalue weighted by atomic mass is 9.96. The number of nitro groups is 1. The van der Waals surface area contributed by atoms with Crippen molar-refractivity contribution in [3.8, 4) is 0 Å². The van der Waals surface area contributed by atoms with Crippen LogP contribution in [0.15, 0.2) is 52.1 Å². The van der Waals surface area contributed by atoms with E-state index in [1.165, 1.54) is 31.4 Å². The van der Waals surface area contributed by atoms with Crippen molar-refractivity contribution >= 4 is 11.6 Å². The predicted molar refractivity (Wildman–Crippen MR) is 99.8 cm³/mol. The summed E-state index contributed by atoms with van der Waals surface area (Å²) in [5.41, 5.74) is 1.02. The molecule has 1 aliphatic rings. The van der Waals surface area contributed by atoms with Crippen LogP contribution in [0.4, 0.5) is 5.69 Å². The lowest BCUT2D eigenvalue weighted by Crippen LogP contribution is -2.44. The molecule has 1 heterocycles. The molecule has 1 fully saturated rings. The van der Waals surface area contributed by atoms with E-state index < -0.39 is 4.92 Å². The lowest BCUT2D eigenvalue weighted by Gasteiger charge is -2.25. The van der Waals surface area contributed by atoms with E-state index in [1.807, 2.05) is 12.1 Å². The van der Waals surface area contributed by atoms with Gasteiger partial charge in [0.15, 0.2) is 5.96 Å². The zero-order valence-electron chi connectivity index (χ0n) is 14.7. The van der Waals surface area contributed by atoms with E-state index in [-0.39, 0.29) is 5.69 Å². The Morgan fingerprint density at radius 2 is 1.96 bits per heavy atom. The van der Waals surface area contributed by atoms with Gasteiger partial charge in [-0.1, -0.05) is 31.4 Å². The summed E-state index contributed by atoms with van der Waals surface area (Å²) >= 11 is 0. The van der Waals surface area contributed by atoms with E-state index >= 15 is 0 Å². The highest BCUT2D eigenvalue weighted by Gasteiger charge is 2.15. The Balaban J connectivity index is 1.63. The fourth-order valence-corrected chi connectivity index (χ4v) is 3.07. The molecule has 7 nitrogen and oxygen atoms in total. The summed E-state index contributed by atoms with van der Waals surface area (Å²) in [7, 11) is 0. The molecule has 0 saturated heterocycles. The van der Waals surface area contributed by atoms with Crippen molar-refractivity contribution in [2.45, 2.75) is 51.2 Å². The van der Waals surface area contributed by atoms with Gasteiger partial charge in [-0.05, 0) is 30.5 Å². The molecule has 7 heteroatoms. The first-order valence-electron chi connectivity index (χ1n) is 9.01. The molecule has 2 N–H and O–H groups in total. The van der Waals surface area contributed by atoms with E-state index in [0.717, 1.165) is 30.1 Å². The number of benzene rings is 1. The van der Waals surface area contributed by atoms with Crippen LogP contribution in [-0.4, -0.2) is 16.9 Å². The smallest absolute Gasteiger partial charge is 0.269 e. The third-order valence-corrected chi connectivity index (χ3v) is 4.52. The number of furan rings is 1. The second-order valence-corrected chi connectivity index (χ2v) is 6.50. The van der Waals surface area contributed by atoms with Gasteiger partial charge >= 0.3 is 0 Å². The molecule has 1 aromatic heterocycles. The molecule has 0 atom stereocenters. The Hall–Kier alpha value is -2.83. The van der Waals surface area contributed by atoms with Gasteiger partial charge in [0.2, 0.25) is 0 Å². The molecule has 3 rings (SSSR count). The van der Waals surface area contributed by atoms with Crippen molar-refractivity contribution in [3.05, 3.63) is 64.1 Å². The second-order valence-electron chi connectivity index (χ2n) is 6.50. The maximum absolute atomic E-state index is 10.7. The van der Waals surface area contributed by atoms with E-state index in [2.05, 4.69) is 15.6 Å². The molecule has 0 bridgehead atoms. The van der Waals surface area contributed by atoms with Crippen molar-refractivity contribution in [1.82, 2.24) is 10.6 Å². The minimum atomic E-state index is -0.395. The third kappa shape index (κ3) is 5.34. The Labute approximate surface area is 152 Å². The molecule has 0 aliphatic heterocycles. The summed E-state index contributed by atoms with van der Waals surface area (Å²) in [6.45, 7) is 1.02. The van der Waals surface area contributed by atoms with Gasteiger partial charge in [-0.2, -0.15) is 0 Å². The van der Waals surface area contributed by atoms with Crippen molar-refractivity contribution < 1.29 is 9.34 Å². The Morgan fingerprint density at radius 3 is 2.62 bits per heavy atom. The molecular formula is C19H24N4O3. The zero-order chi connectivity index (χ0) is 18.2. The van der Waals surface area contributed by atoms with Gasteiger partial charge in [0.25, 0.3) is 5.69 Å². The predicted octanol–water partition coefficient (Wildman–Crippen LogP) is 3.76. The molecule has 0 radical (unpaired) electrons. The zero-order valence-corrected chi connectivity index (χ0v) is 14.7. The van der Waals surface area contributed by atoms with Crippen LogP contribution in [0.2, 0.25) is 0 Å². The van der Waals surface area contributed by atoms with Gasteiger partial charge in [0.1, 0.15) is 5.76 Å². The summed E-state index contributed by atoms with van der Waals surface area (Å²) in [6, 6.07) is 10.7. The Kier molecular flexibility index (Phi) is 6.24. The first-order chi connectivity index (χ1) is 12.7. The van der Waals surface area contributed by atoms with Crippen LogP contribution < -0.4 is 10.6 Å². The number of nitrogens with one attached hydrogen (secondary N) is 2. The summed E-state index contributed by atoms with van der Waals surface area (Å²) in [5, 5.41) is 17.6. The van der Waals surface area contributed by atoms with Crippen LogP contribution in [0.3, 0.4) is 0 Å². The normalized spacial score (nSPS) is 15.6. The van der Waals surface area contributed by atoms with E-state index in [9.17, 15) is 10.1 Å². The van der Waals surface area contributed by atoms with Crippen molar-refractivity contribution in [2.75, 3.05) is 0 Å². The number of non-ortho nitro benzene ring substituents is 1. The molecule has 26 heavy (non-hydrogen) atoms. The summed E-state index contributed by atoms with van der Waals surface area (Å²) < 4.78 is 5.36. The van der Waals surface area contributed by atoms with Crippen molar-refractivity contribution in [1.29, 1.82) is 0 Å². The van der Waals surface area contributed by atoms with Crippen LogP contribution >= 0.6 is 0 Å². The van der Waals surface area contributed by atoms with Crippen LogP contribution in [0.25, 0.3) is 0 Å². The molecule has 138 valence electrons. The average Bonchev–Trinajstić information content (AvgIpc) is 3.19. The maximum Gasteiger partial charge on any atom is 0.269 e. The van der Waals surface area contributed by atoms with Gasteiger partial charge in [-0.15, -0.1) is 0 Å². The highest BCUT2D eigenvalue weighted by atomic mass is 16.6. The minimum Gasteiger partial charge on any atom is -0.467 e. The molecule has 2 aromatic rings. The van der Waals surface area contributed by atoms with Crippen molar-refractivity contribution in [2.24, 2.45) is 4.99 Å². The highest BCUT2D eigenvalue weighted by molar-refractivity contribution is 5.80. The SMILES string of the molecule is O=[N+]([O-])c1ccc(CN=C(NCc2ccco2)NC2CCCCC2)cc1. The van der Waals surface area contributed by atoms with Gasteiger partial charge in [-0.3, -0.25) is 10.1 Å². The quantitative estimate of drug-likeness (QED) is 0.356. The van der Waals surface area contributed by atoms with E-state index in [1.54, 1.807) is 18.4 Å².